The zero-order valence-corrected chi connectivity index (χ0v) is 12.2. The maximum Gasteiger partial charge on any atom is 0.219 e. The molecule has 1 aromatic rings. The van der Waals surface area contributed by atoms with Crippen LogP contribution in [0.1, 0.15) is 32.4 Å². The van der Waals surface area contributed by atoms with E-state index in [0.717, 1.165) is 5.56 Å². The summed E-state index contributed by atoms with van der Waals surface area (Å²) in [5.41, 5.74) is 0.961. The van der Waals surface area contributed by atoms with E-state index in [0.29, 0.717) is 5.25 Å². The number of carbonyl (C=O) groups is 1. The van der Waals surface area contributed by atoms with Crippen molar-refractivity contribution >= 4 is 17.7 Å². The summed E-state index contributed by atoms with van der Waals surface area (Å²) in [6, 6.07) is 7.77. The Morgan fingerprint density at radius 2 is 1.89 bits per heavy atom. The largest absolute Gasteiger partial charge is 0.394 e. The minimum atomic E-state index is -0.263. The Labute approximate surface area is 113 Å². The highest BCUT2D eigenvalue weighted by Crippen LogP contribution is 2.26. The van der Waals surface area contributed by atoms with Gasteiger partial charge in [0.15, 0.2) is 0 Å². The quantitative estimate of drug-likeness (QED) is 0.834. The molecule has 0 aromatic heterocycles. The molecule has 0 aliphatic rings. The van der Waals surface area contributed by atoms with Gasteiger partial charge in [-0.15, -0.1) is 11.8 Å². The number of aliphatic hydroxyl groups is 1. The maximum atomic E-state index is 11.3. The predicted octanol–water partition coefficient (Wildman–Crippen LogP) is 2.70. The van der Waals surface area contributed by atoms with Crippen LogP contribution in [-0.2, 0) is 4.79 Å². The number of hydrogen-bond donors (Lipinski definition) is 1. The van der Waals surface area contributed by atoms with Gasteiger partial charge in [0.1, 0.15) is 0 Å². The molecule has 1 unspecified atom stereocenters. The third kappa shape index (κ3) is 4.03. The molecule has 0 saturated carbocycles. The number of hydrogen-bond acceptors (Lipinski definition) is 3. The highest BCUT2D eigenvalue weighted by atomic mass is 32.2. The highest BCUT2D eigenvalue weighted by Gasteiger charge is 2.18. The first-order valence-electron chi connectivity index (χ1n) is 6.06. The van der Waals surface area contributed by atoms with Crippen LogP contribution in [0.3, 0.4) is 0 Å². The van der Waals surface area contributed by atoms with Crippen LogP contribution in [0.2, 0.25) is 0 Å². The molecule has 0 aliphatic heterocycles. The second-order valence-corrected chi connectivity index (χ2v) is 6.21. The molecule has 0 aliphatic carbocycles. The van der Waals surface area contributed by atoms with Crippen LogP contribution in [0.4, 0.5) is 0 Å². The molecule has 4 heteroatoms. The van der Waals surface area contributed by atoms with Crippen molar-refractivity contribution in [2.75, 3.05) is 13.7 Å². The summed E-state index contributed by atoms with van der Waals surface area (Å²) in [6.07, 6.45) is 0. The van der Waals surface area contributed by atoms with Gasteiger partial charge in [-0.2, -0.15) is 0 Å². The van der Waals surface area contributed by atoms with Gasteiger partial charge in [-0.25, -0.2) is 0 Å². The van der Waals surface area contributed by atoms with Crippen LogP contribution in [0.25, 0.3) is 0 Å². The summed E-state index contributed by atoms with van der Waals surface area (Å²) in [5.74, 6) is -0.0466. The molecule has 1 aromatic carbocycles. The van der Waals surface area contributed by atoms with Crippen LogP contribution in [0, 0.1) is 0 Å². The lowest BCUT2D eigenvalue weighted by Gasteiger charge is -2.26. The SMILES string of the molecule is CC(=O)N(C)C(CO)c1ccc(SC(C)C)cc1. The van der Waals surface area contributed by atoms with Crippen LogP contribution in [-0.4, -0.2) is 34.8 Å². The van der Waals surface area contributed by atoms with Crippen molar-refractivity contribution < 1.29 is 9.90 Å². The molecule has 1 rings (SSSR count). The molecule has 1 atom stereocenters. The average molecular weight is 267 g/mol. The van der Waals surface area contributed by atoms with Gasteiger partial charge in [0.25, 0.3) is 0 Å². The molecule has 100 valence electrons. The monoisotopic (exact) mass is 267 g/mol. The van der Waals surface area contributed by atoms with Crippen molar-refractivity contribution in [2.45, 2.75) is 37.0 Å². The number of nitrogens with zero attached hydrogens (tertiary/aromatic N) is 1. The van der Waals surface area contributed by atoms with Crippen LogP contribution in [0.15, 0.2) is 29.2 Å². The Bertz CT molecular complexity index is 389. The zero-order valence-electron chi connectivity index (χ0n) is 11.4. The molecule has 3 nitrogen and oxygen atoms in total. The molecular weight excluding hydrogens is 246 g/mol. The summed E-state index contributed by atoms with van der Waals surface area (Å²) in [4.78, 5) is 14.1. The van der Waals surface area contributed by atoms with Crippen LogP contribution >= 0.6 is 11.8 Å². The third-order valence-corrected chi connectivity index (χ3v) is 3.79. The van der Waals surface area contributed by atoms with E-state index >= 15 is 0 Å². The highest BCUT2D eigenvalue weighted by molar-refractivity contribution is 7.99. The number of rotatable bonds is 5. The number of benzene rings is 1. The maximum absolute atomic E-state index is 11.3. The molecule has 1 N–H and O–H groups in total. The summed E-state index contributed by atoms with van der Waals surface area (Å²) in [5, 5.41) is 9.96. The minimum absolute atomic E-state index is 0.0466. The second kappa shape index (κ2) is 6.81. The van der Waals surface area contributed by atoms with E-state index in [-0.39, 0.29) is 18.6 Å². The smallest absolute Gasteiger partial charge is 0.219 e. The van der Waals surface area contributed by atoms with E-state index < -0.39 is 0 Å². The number of amides is 1. The van der Waals surface area contributed by atoms with Crippen molar-refractivity contribution in [3.63, 3.8) is 0 Å². The number of likely N-dealkylation sites (N-methyl/N-ethyl adjacent to an activating group) is 1. The molecule has 18 heavy (non-hydrogen) atoms. The Kier molecular flexibility index (Phi) is 5.69. The van der Waals surface area contributed by atoms with Gasteiger partial charge in [-0.05, 0) is 17.7 Å². The van der Waals surface area contributed by atoms with E-state index in [9.17, 15) is 9.90 Å². The molecule has 0 bridgehead atoms. The molecule has 0 radical (unpaired) electrons. The molecule has 0 fully saturated rings. The first-order valence-corrected chi connectivity index (χ1v) is 6.94. The first kappa shape index (κ1) is 15.1. The predicted molar refractivity (Wildman–Crippen MR) is 75.7 cm³/mol. The van der Waals surface area contributed by atoms with Crippen LogP contribution < -0.4 is 0 Å². The fourth-order valence-corrected chi connectivity index (χ4v) is 2.55. The lowest BCUT2D eigenvalue weighted by Crippen LogP contribution is -2.31. The van der Waals surface area contributed by atoms with E-state index in [1.54, 1.807) is 23.7 Å². The average Bonchev–Trinajstić information content (AvgIpc) is 2.31. The molecule has 1 amide bonds. The molecular formula is C14H21NO2S. The lowest BCUT2D eigenvalue weighted by molar-refractivity contribution is -0.130. The Morgan fingerprint density at radius 3 is 2.28 bits per heavy atom. The van der Waals surface area contributed by atoms with Gasteiger partial charge < -0.3 is 10.0 Å². The number of carbonyl (C=O) groups excluding carboxylic acids is 1. The van der Waals surface area contributed by atoms with Gasteiger partial charge >= 0.3 is 0 Å². The van der Waals surface area contributed by atoms with Crippen LogP contribution in [0.5, 0.6) is 0 Å². The van der Waals surface area contributed by atoms with E-state index in [4.69, 9.17) is 0 Å². The Balaban J connectivity index is 2.85. The Morgan fingerprint density at radius 1 is 1.33 bits per heavy atom. The van der Waals surface area contributed by atoms with Crippen molar-refractivity contribution in [3.05, 3.63) is 29.8 Å². The van der Waals surface area contributed by atoms with Gasteiger partial charge in [-0.1, -0.05) is 26.0 Å². The van der Waals surface area contributed by atoms with Gasteiger partial charge in [0.05, 0.1) is 12.6 Å². The van der Waals surface area contributed by atoms with Crippen molar-refractivity contribution in [3.8, 4) is 0 Å². The lowest BCUT2D eigenvalue weighted by atomic mass is 10.1. The topological polar surface area (TPSA) is 40.5 Å². The van der Waals surface area contributed by atoms with Crippen molar-refractivity contribution in [1.82, 2.24) is 4.90 Å². The zero-order chi connectivity index (χ0) is 13.7. The second-order valence-electron chi connectivity index (χ2n) is 4.56. The summed E-state index contributed by atoms with van der Waals surface area (Å²) in [7, 11) is 1.71. The fraction of sp³-hybridized carbons (Fsp3) is 0.500. The number of thioether (sulfide) groups is 1. The molecule has 0 heterocycles. The van der Waals surface area contributed by atoms with E-state index in [1.165, 1.54) is 11.8 Å². The van der Waals surface area contributed by atoms with E-state index in [1.807, 2.05) is 24.3 Å². The van der Waals surface area contributed by atoms with Gasteiger partial charge in [0, 0.05) is 24.1 Å². The molecule has 0 saturated heterocycles. The van der Waals surface area contributed by atoms with Gasteiger partial charge in [-0.3, -0.25) is 4.79 Å². The fourth-order valence-electron chi connectivity index (χ4n) is 1.71. The standard InChI is InChI=1S/C14H21NO2S/c1-10(2)18-13-7-5-12(6-8-13)14(9-16)15(4)11(3)17/h5-8,10,14,16H,9H2,1-4H3. The van der Waals surface area contributed by atoms with Gasteiger partial charge in [0.2, 0.25) is 5.91 Å². The normalized spacial score (nSPS) is 12.6. The summed E-state index contributed by atoms with van der Waals surface area (Å²) < 4.78 is 0. The number of aliphatic hydroxyl groups excluding tert-OH is 1. The first-order chi connectivity index (χ1) is 8.45. The third-order valence-electron chi connectivity index (χ3n) is 2.77. The Hall–Kier alpha value is -1.00. The summed E-state index contributed by atoms with van der Waals surface area (Å²) >= 11 is 1.80. The molecule has 0 spiro atoms. The minimum Gasteiger partial charge on any atom is -0.394 e. The van der Waals surface area contributed by atoms with Crippen molar-refractivity contribution in [1.29, 1.82) is 0 Å². The van der Waals surface area contributed by atoms with Crippen molar-refractivity contribution in [2.24, 2.45) is 0 Å². The summed E-state index contributed by atoms with van der Waals surface area (Å²) in [6.45, 7) is 5.75. The van der Waals surface area contributed by atoms with E-state index in [2.05, 4.69) is 13.8 Å².